The third-order valence-corrected chi connectivity index (χ3v) is 6.60. The molecule has 0 unspecified atom stereocenters. The summed E-state index contributed by atoms with van der Waals surface area (Å²) in [6, 6.07) is 11.6. The molecule has 31 heavy (non-hydrogen) atoms. The molecule has 1 aliphatic carbocycles. The first-order valence-corrected chi connectivity index (χ1v) is 11.5. The highest BCUT2D eigenvalue weighted by molar-refractivity contribution is 5.88. The van der Waals surface area contributed by atoms with E-state index < -0.39 is 5.97 Å². The molecule has 0 heterocycles. The largest absolute Gasteiger partial charge is 0.493 e. The molecule has 3 rings (SSSR count). The van der Waals surface area contributed by atoms with Crippen LogP contribution in [0.1, 0.15) is 99.3 Å². The molecule has 0 saturated heterocycles. The number of hydrogen-bond acceptors (Lipinski definition) is 2. The summed E-state index contributed by atoms with van der Waals surface area (Å²) in [5, 5.41) is 9.11. The SMILES string of the molecule is CCCCCOc1cc2c(cc1C=Cc1ccc(C(=O)O)cc1)C(C)(C)CCC2(C)C. The molecule has 2 aromatic rings. The van der Waals surface area contributed by atoms with Crippen molar-refractivity contribution >= 4 is 18.1 Å². The van der Waals surface area contributed by atoms with Crippen LogP contribution in [-0.4, -0.2) is 17.7 Å². The zero-order valence-electron chi connectivity index (χ0n) is 19.6. The molecular formula is C28H36O3. The molecule has 0 amide bonds. The fourth-order valence-electron chi connectivity index (χ4n) is 4.32. The number of carboxylic acids is 1. The summed E-state index contributed by atoms with van der Waals surface area (Å²) in [4.78, 5) is 11.1. The molecule has 0 aliphatic heterocycles. The third-order valence-electron chi connectivity index (χ3n) is 6.60. The molecule has 0 radical (unpaired) electrons. The van der Waals surface area contributed by atoms with Crippen molar-refractivity contribution in [1.29, 1.82) is 0 Å². The van der Waals surface area contributed by atoms with Crippen LogP contribution in [0.15, 0.2) is 36.4 Å². The fraction of sp³-hybridized carbons (Fsp3) is 0.464. The summed E-state index contributed by atoms with van der Waals surface area (Å²) < 4.78 is 6.28. The number of fused-ring (bicyclic) bond motifs is 1. The monoisotopic (exact) mass is 420 g/mol. The summed E-state index contributed by atoms with van der Waals surface area (Å²) in [5.41, 5.74) is 5.44. The number of carboxylic acid groups (broad SMARTS) is 1. The van der Waals surface area contributed by atoms with Crippen LogP contribution in [0.5, 0.6) is 5.75 Å². The third kappa shape index (κ3) is 5.39. The maximum Gasteiger partial charge on any atom is 0.335 e. The second kappa shape index (κ2) is 9.30. The minimum absolute atomic E-state index is 0.136. The number of hydrogen-bond donors (Lipinski definition) is 1. The first-order chi connectivity index (χ1) is 14.6. The topological polar surface area (TPSA) is 46.5 Å². The smallest absolute Gasteiger partial charge is 0.335 e. The van der Waals surface area contributed by atoms with Crippen LogP contribution in [0.25, 0.3) is 12.2 Å². The van der Waals surface area contributed by atoms with Crippen molar-refractivity contribution in [3.8, 4) is 5.75 Å². The summed E-state index contributed by atoms with van der Waals surface area (Å²) >= 11 is 0. The van der Waals surface area contributed by atoms with E-state index >= 15 is 0 Å². The van der Waals surface area contributed by atoms with Gasteiger partial charge in [0.05, 0.1) is 12.2 Å². The van der Waals surface area contributed by atoms with E-state index in [1.165, 1.54) is 36.8 Å². The molecule has 3 heteroatoms. The van der Waals surface area contributed by atoms with Gasteiger partial charge in [-0.05, 0) is 71.0 Å². The molecule has 0 saturated carbocycles. The van der Waals surface area contributed by atoms with Gasteiger partial charge in [0.25, 0.3) is 0 Å². The van der Waals surface area contributed by atoms with Crippen molar-refractivity contribution in [3.63, 3.8) is 0 Å². The second-order valence-electron chi connectivity index (χ2n) is 10.0. The van der Waals surface area contributed by atoms with Crippen molar-refractivity contribution in [3.05, 3.63) is 64.2 Å². The Morgan fingerprint density at radius 3 is 2.16 bits per heavy atom. The average molecular weight is 421 g/mol. The second-order valence-corrected chi connectivity index (χ2v) is 10.0. The van der Waals surface area contributed by atoms with Gasteiger partial charge in [0.1, 0.15) is 5.75 Å². The van der Waals surface area contributed by atoms with Crippen LogP contribution in [0.4, 0.5) is 0 Å². The van der Waals surface area contributed by atoms with E-state index in [2.05, 4.69) is 52.8 Å². The predicted octanol–water partition coefficient (Wildman–Crippen LogP) is 7.47. The van der Waals surface area contributed by atoms with Crippen LogP contribution in [-0.2, 0) is 10.8 Å². The summed E-state index contributed by atoms with van der Waals surface area (Å²) in [6.07, 6.45) is 9.88. The van der Waals surface area contributed by atoms with E-state index in [4.69, 9.17) is 9.84 Å². The van der Waals surface area contributed by atoms with Crippen LogP contribution in [0.3, 0.4) is 0 Å². The van der Waals surface area contributed by atoms with Crippen molar-refractivity contribution in [2.45, 2.75) is 77.6 Å². The van der Waals surface area contributed by atoms with Crippen molar-refractivity contribution < 1.29 is 14.6 Å². The van der Waals surface area contributed by atoms with Crippen molar-refractivity contribution in [1.82, 2.24) is 0 Å². The highest BCUT2D eigenvalue weighted by Gasteiger charge is 2.37. The molecular weight excluding hydrogens is 384 g/mol. The molecule has 3 nitrogen and oxygen atoms in total. The molecule has 0 fully saturated rings. The van der Waals surface area contributed by atoms with E-state index in [1.807, 2.05) is 18.2 Å². The Morgan fingerprint density at radius 2 is 1.58 bits per heavy atom. The zero-order valence-corrected chi connectivity index (χ0v) is 19.6. The Labute approximate surface area is 187 Å². The fourth-order valence-corrected chi connectivity index (χ4v) is 4.32. The molecule has 1 N–H and O–H groups in total. The van der Waals surface area contributed by atoms with Crippen LogP contribution in [0.2, 0.25) is 0 Å². The van der Waals surface area contributed by atoms with Gasteiger partial charge in [-0.25, -0.2) is 4.79 Å². The number of rotatable bonds is 8. The van der Waals surface area contributed by atoms with Gasteiger partial charge in [0, 0.05) is 5.56 Å². The summed E-state index contributed by atoms with van der Waals surface area (Å²) in [6.45, 7) is 12.3. The van der Waals surface area contributed by atoms with Gasteiger partial charge in [-0.3, -0.25) is 0 Å². The lowest BCUT2D eigenvalue weighted by molar-refractivity contribution is 0.0697. The zero-order chi connectivity index (χ0) is 22.6. The molecule has 2 aromatic carbocycles. The standard InChI is InChI=1S/C28H36O3/c1-6-7-8-17-31-25-19-24-23(27(2,3)15-16-28(24,4)5)18-22(25)14-11-20-9-12-21(13-10-20)26(29)30/h9-14,18-19H,6-8,15-17H2,1-5H3,(H,29,30). The van der Waals surface area contributed by atoms with Gasteiger partial charge < -0.3 is 9.84 Å². The van der Waals surface area contributed by atoms with Gasteiger partial charge in [-0.1, -0.05) is 71.7 Å². The Morgan fingerprint density at radius 1 is 0.968 bits per heavy atom. The molecule has 0 bridgehead atoms. The Hall–Kier alpha value is -2.55. The van der Waals surface area contributed by atoms with E-state index in [0.29, 0.717) is 5.56 Å². The lowest BCUT2D eigenvalue weighted by Gasteiger charge is -2.42. The minimum atomic E-state index is -0.905. The van der Waals surface area contributed by atoms with Gasteiger partial charge >= 0.3 is 5.97 Å². The molecule has 166 valence electrons. The molecule has 1 aliphatic rings. The Balaban J connectivity index is 1.98. The van der Waals surface area contributed by atoms with Gasteiger partial charge in [0.15, 0.2) is 0 Å². The van der Waals surface area contributed by atoms with Crippen LogP contribution >= 0.6 is 0 Å². The highest BCUT2D eigenvalue weighted by atomic mass is 16.5. The number of aromatic carboxylic acids is 1. The normalized spacial score (nSPS) is 16.8. The van der Waals surface area contributed by atoms with Gasteiger partial charge in [-0.2, -0.15) is 0 Å². The lowest BCUT2D eigenvalue weighted by atomic mass is 9.63. The number of benzene rings is 2. The van der Waals surface area contributed by atoms with Crippen LogP contribution in [0, 0.1) is 0 Å². The minimum Gasteiger partial charge on any atom is -0.493 e. The quantitative estimate of drug-likeness (QED) is 0.356. The van der Waals surface area contributed by atoms with Gasteiger partial charge in [-0.15, -0.1) is 0 Å². The first kappa shape index (κ1) is 23.1. The van der Waals surface area contributed by atoms with Crippen molar-refractivity contribution in [2.24, 2.45) is 0 Å². The summed E-state index contributed by atoms with van der Waals surface area (Å²) in [5.74, 6) is 0.0388. The Bertz CT molecular complexity index is 949. The highest BCUT2D eigenvalue weighted by Crippen LogP contribution is 2.48. The average Bonchev–Trinajstić information content (AvgIpc) is 2.73. The molecule has 0 atom stereocenters. The maximum atomic E-state index is 11.1. The summed E-state index contributed by atoms with van der Waals surface area (Å²) in [7, 11) is 0. The van der Waals surface area contributed by atoms with E-state index in [9.17, 15) is 4.79 Å². The Kier molecular flexibility index (Phi) is 6.93. The molecule has 0 aromatic heterocycles. The van der Waals surface area contributed by atoms with E-state index in [-0.39, 0.29) is 10.8 Å². The van der Waals surface area contributed by atoms with E-state index in [1.54, 1.807) is 12.1 Å². The predicted molar refractivity (Wildman–Crippen MR) is 129 cm³/mol. The number of unbranched alkanes of at least 4 members (excludes halogenated alkanes) is 2. The number of carbonyl (C=O) groups is 1. The van der Waals surface area contributed by atoms with Crippen molar-refractivity contribution in [2.75, 3.05) is 6.61 Å². The van der Waals surface area contributed by atoms with Gasteiger partial charge in [0.2, 0.25) is 0 Å². The molecule has 0 spiro atoms. The number of ether oxygens (including phenoxy) is 1. The maximum absolute atomic E-state index is 11.1. The van der Waals surface area contributed by atoms with E-state index in [0.717, 1.165) is 29.9 Å². The first-order valence-electron chi connectivity index (χ1n) is 11.5. The lowest BCUT2D eigenvalue weighted by Crippen LogP contribution is -2.34. The van der Waals surface area contributed by atoms with Crippen LogP contribution < -0.4 is 4.74 Å².